The van der Waals surface area contributed by atoms with Crippen LogP contribution in [-0.4, -0.2) is 41.4 Å². The average molecular weight is 282 g/mol. The van der Waals surface area contributed by atoms with E-state index in [1.54, 1.807) is 7.11 Å². The summed E-state index contributed by atoms with van der Waals surface area (Å²) in [6.45, 7) is 9.10. The van der Waals surface area contributed by atoms with Crippen LogP contribution in [0, 0.1) is 13.8 Å². The fourth-order valence-corrected chi connectivity index (χ4v) is 2.60. The third-order valence-corrected chi connectivity index (χ3v) is 3.68. The van der Waals surface area contributed by atoms with Crippen molar-refractivity contribution < 1.29 is 14.6 Å². The van der Waals surface area contributed by atoms with Crippen LogP contribution in [0.5, 0.6) is 0 Å². The van der Waals surface area contributed by atoms with E-state index in [0.717, 1.165) is 17.9 Å². The zero-order valence-electron chi connectivity index (χ0n) is 13.1. The van der Waals surface area contributed by atoms with Gasteiger partial charge in [0, 0.05) is 31.6 Å². The number of amides is 1. The van der Waals surface area contributed by atoms with Gasteiger partial charge in [0.15, 0.2) is 0 Å². The number of ether oxygens (including phenoxy) is 1. The Hall–Kier alpha value is -1.33. The molecule has 1 rings (SSSR count). The third-order valence-electron chi connectivity index (χ3n) is 3.68. The number of aliphatic hydroxyl groups is 1. The van der Waals surface area contributed by atoms with E-state index >= 15 is 0 Å². The highest BCUT2D eigenvalue weighted by atomic mass is 16.5. The summed E-state index contributed by atoms with van der Waals surface area (Å²) in [5, 5.41) is 12.1. The molecule has 0 aliphatic rings. The predicted octanol–water partition coefficient (Wildman–Crippen LogP) is 1.64. The minimum atomic E-state index is -0.560. The maximum atomic E-state index is 12.5. The molecule has 0 bridgehead atoms. The van der Waals surface area contributed by atoms with Crippen molar-refractivity contribution in [2.75, 3.05) is 20.3 Å². The minimum Gasteiger partial charge on any atom is -0.396 e. The van der Waals surface area contributed by atoms with Gasteiger partial charge in [-0.3, -0.25) is 4.79 Å². The number of aromatic nitrogens is 1. The fraction of sp³-hybridized carbons (Fsp3) is 0.667. The highest BCUT2D eigenvalue weighted by molar-refractivity contribution is 5.96. The Morgan fingerprint density at radius 2 is 2.15 bits per heavy atom. The number of rotatable bonds is 7. The molecule has 1 heterocycles. The zero-order chi connectivity index (χ0) is 15.3. The number of aliphatic hydroxyl groups excluding tert-OH is 1. The van der Waals surface area contributed by atoms with E-state index in [2.05, 4.69) is 16.8 Å². The maximum absolute atomic E-state index is 12.5. The molecule has 1 aromatic rings. The van der Waals surface area contributed by atoms with Crippen LogP contribution < -0.4 is 5.32 Å². The molecule has 5 nitrogen and oxygen atoms in total. The van der Waals surface area contributed by atoms with Gasteiger partial charge in [0.1, 0.15) is 0 Å². The smallest absolute Gasteiger partial charge is 0.253 e. The zero-order valence-corrected chi connectivity index (χ0v) is 13.1. The molecule has 0 aromatic carbocycles. The van der Waals surface area contributed by atoms with E-state index < -0.39 is 5.54 Å². The van der Waals surface area contributed by atoms with E-state index in [9.17, 15) is 4.79 Å². The molecule has 5 heteroatoms. The van der Waals surface area contributed by atoms with Gasteiger partial charge in [-0.25, -0.2) is 0 Å². The number of methoxy groups -OCH3 is 1. The second-order valence-corrected chi connectivity index (χ2v) is 5.45. The van der Waals surface area contributed by atoms with E-state index in [0.29, 0.717) is 18.6 Å². The lowest BCUT2D eigenvalue weighted by molar-refractivity contribution is 0.0725. The van der Waals surface area contributed by atoms with Gasteiger partial charge in [-0.05, 0) is 40.2 Å². The van der Waals surface area contributed by atoms with Crippen molar-refractivity contribution in [3.8, 4) is 0 Å². The van der Waals surface area contributed by atoms with Gasteiger partial charge in [0.25, 0.3) is 5.91 Å². The molecule has 0 saturated heterocycles. The van der Waals surface area contributed by atoms with Crippen LogP contribution in [0.25, 0.3) is 0 Å². The van der Waals surface area contributed by atoms with E-state index in [1.807, 2.05) is 26.8 Å². The lowest BCUT2D eigenvalue weighted by Crippen LogP contribution is -2.50. The molecule has 0 fully saturated rings. The number of hydrogen-bond donors (Lipinski definition) is 2. The lowest BCUT2D eigenvalue weighted by Gasteiger charge is -2.29. The quantitative estimate of drug-likeness (QED) is 0.799. The molecular formula is C15H26N2O3. The Bertz CT molecular complexity index is 460. The number of aryl methyl sites for hydroxylation is 1. The number of carbonyl (C=O) groups is 1. The molecule has 2 N–H and O–H groups in total. The lowest BCUT2D eigenvalue weighted by atomic mass is 9.98. The molecule has 1 atom stereocenters. The standard InChI is InChI=1S/C15H26N2O3/c1-6-17-11(2)9-13(12(17)3)14(19)16-15(4,7-8-18)10-20-5/h9,18H,6-8,10H2,1-5H3,(H,16,19). The van der Waals surface area contributed by atoms with E-state index in [1.165, 1.54) is 0 Å². The average Bonchev–Trinajstić information content (AvgIpc) is 2.64. The van der Waals surface area contributed by atoms with E-state index in [-0.39, 0.29) is 12.5 Å². The van der Waals surface area contributed by atoms with Gasteiger partial charge in [-0.1, -0.05) is 0 Å². The Kier molecular flexibility index (Phi) is 5.77. The Morgan fingerprint density at radius 3 is 2.60 bits per heavy atom. The first-order valence-corrected chi connectivity index (χ1v) is 6.97. The first-order chi connectivity index (χ1) is 9.38. The largest absolute Gasteiger partial charge is 0.396 e. The maximum Gasteiger partial charge on any atom is 0.253 e. The summed E-state index contributed by atoms with van der Waals surface area (Å²) in [6.07, 6.45) is 0.457. The second-order valence-electron chi connectivity index (χ2n) is 5.45. The Morgan fingerprint density at radius 1 is 1.50 bits per heavy atom. The Labute approximate surface area is 120 Å². The highest BCUT2D eigenvalue weighted by Crippen LogP contribution is 2.17. The van der Waals surface area contributed by atoms with Crippen LogP contribution in [0.1, 0.15) is 42.0 Å². The molecule has 0 aliphatic carbocycles. The van der Waals surface area contributed by atoms with E-state index in [4.69, 9.17) is 9.84 Å². The van der Waals surface area contributed by atoms with Gasteiger partial charge in [0.2, 0.25) is 0 Å². The van der Waals surface area contributed by atoms with Gasteiger partial charge in [0.05, 0.1) is 17.7 Å². The summed E-state index contributed by atoms with van der Waals surface area (Å²) in [7, 11) is 1.59. The minimum absolute atomic E-state index is 0.00806. The van der Waals surface area contributed by atoms with Crippen molar-refractivity contribution in [1.29, 1.82) is 0 Å². The van der Waals surface area contributed by atoms with Crippen molar-refractivity contribution in [2.45, 2.75) is 46.2 Å². The van der Waals surface area contributed by atoms with Gasteiger partial charge >= 0.3 is 0 Å². The van der Waals surface area contributed by atoms with Crippen molar-refractivity contribution >= 4 is 5.91 Å². The molecule has 1 unspecified atom stereocenters. The molecule has 20 heavy (non-hydrogen) atoms. The summed E-state index contributed by atoms with van der Waals surface area (Å²) < 4.78 is 7.25. The molecule has 0 saturated carbocycles. The molecule has 1 amide bonds. The SMILES string of the molecule is CCn1c(C)cc(C(=O)NC(C)(CCO)COC)c1C. The van der Waals surface area contributed by atoms with Crippen LogP contribution in [0.4, 0.5) is 0 Å². The van der Waals surface area contributed by atoms with Crippen LogP contribution in [0.15, 0.2) is 6.07 Å². The third kappa shape index (κ3) is 3.61. The second kappa shape index (κ2) is 6.90. The van der Waals surface area contributed by atoms with Crippen molar-refractivity contribution in [3.63, 3.8) is 0 Å². The molecule has 0 spiro atoms. The first kappa shape index (κ1) is 16.7. The monoisotopic (exact) mass is 282 g/mol. The van der Waals surface area contributed by atoms with Gasteiger partial charge in [-0.2, -0.15) is 0 Å². The van der Waals surface area contributed by atoms with Crippen LogP contribution in [0.3, 0.4) is 0 Å². The van der Waals surface area contributed by atoms with Crippen LogP contribution >= 0.6 is 0 Å². The molecule has 114 valence electrons. The molecular weight excluding hydrogens is 256 g/mol. The highest BCUT2D eigenvalue weighted by Gasteiger charge is 2.27. The number of nitrogens with zero attached hydrogens (tertiary/aromatic N) is 1. The number of nitrogens with one attached hydrogen (secondary N) is 1. The number of hydrogen-bond acceptors (Lipinski definition) is 3. The topological polar surface area (TPSA) is 63.5 Å². The van der Waals surface area contributed by atoms with Crippen molar-refractivity contribution in [3.05, 3.63) is 23.0 Å². The fourth-order valence-electron chi connectivity index (χ4n) is 2.60. The normalized spacial score (nSPS) is 14.1. The first-order valence-electron chi connectivity index (χ1n) is 6.97. The van der Waals surface area contributed by atoms with Crippen molar-refractivity contribution in [1.82, 2.24) is 9.88 Å². The summed E-state index contributed by atoms with van der Waals surface area (Å²) in [4.78, 5) is 12.5. The Balaban J connectivity index is 2.95. The van der Waals surface area contributed by atoms with Gasteiger partial charge in [-0.15, -0.1) is 0 Å². The summed E-state index contributed by atoms with van der Waals surface area (Å²) in [5.41, 5.74) is 2.16. The number of carbonyl (C=O) groups excluding carboxylic acids is 1. The molecule has 0 aliphatic heterocycles. The van der Waals surface area contributed by atoms with Gasteiger partial charge < -0.3 is 19.7 Å². The van der Waals surface area contributed by atoms with Crippen LogP contribution in [0.2, 0.25) is 0 Å². The van der Waals surface area contributed by atoms with Crippen molar-refractivity contribution in [2.24, 2.45) is 0 Å². The molecule has 0 radical (unpaired) electrons. The van der Waals surface area contributed by atoms with Crippen LogP contribution in [-0.2, 0) is 11.3 Å². The predicted molar refractivity (Wildman–Crippen MR) is 79.0 cm³/mol. The summed E-state index contributed by atoms with van der Waals surface area (Å²) in [5.74, 6) is -0.120. The molecule has 1 aromatic heterocycles. The summed E-state index contributed by atoms with van der Waals surface area (Å²) in [6, 6.07) is 1.90. The summed E-state index contributed by atoms with van der Waals surface area (Å²) >= 11 is 0.